The van der Waals surface area contributed by atoms with Gasteiger partial charge in [-0.15, -0.1) is 0 Å². The number of para-hydroxylation sites is 1. The Kier molecular flexibility index (Phi) is 5.26. The maximum absolute atomic E-state index is 13.2. The molecule has 2 aromatic rings. The van der Waals surface area contributed by atoms with Gasteiger partial charge in [-0.05, 0) is 30.1 Å². The molecule has 1 aromatic carbocycles. The third-order valence-corrected chi connectivity index (χ3v) is 6.77. The fourth-order valence-corrected chi connectivity index (χ4v) is 4.93. The van der Waals surface area contributed by atoms with Crippen LogP contribution in [0.4, 0.5) is 23.9 Å². The summed E-state index contributed by atoms with van der Waals surface area (Å²) in [6.45, 7) is 0.304. The normalized spacial score (nSPS) is 18.2. The van der Waals surface area contributed by atoms with Crippen LogP contribution in [0.25, 0.3) is 0 Å². The first-order valence-corrected chi connectivity index (χ1v) is 10.7. The Morgan fingerprint density at radius 1 is 1.32 bits per heavy atom. The van der Waals surface area contributed by atoms with E-state index in [4.69, 9.17) is 0 Å². The molecule has 1 saturated heterocycles. The number of sulfonamides is 1. The highest BCUT2D eigenvalue weighted by Crippen LogP contribution is 2.37. The standard InChI is InChI=1S/C16H15F3N4O3S2/c1-28(25,26)22-7-6-10(9-22)23-15(24)11(8-20)14(27-23)21-13-5-3-2-4-12(13)16(17,18)19/h2-5,10,21H,6-7,9H2,1H3/t10-/m0/s1. The molecule has 0 unspecified atom stereocenters. The van der Waals surface area contributed by atoms with Crippen molar-refractivity contribution in [2.24, 2.45) is 0 Å². The van der Waals surface area contributed by atoms with E-state index in [2.05, 4.69) is 5.32 Å². The topological polar surface area (TPSA) is 95.2 Å². The van der Waals surface area contributed by atoms with Crippen LogP contribution in [-0.4, -0.2) is 36.0 Å². The van der Waals surface area contributed by atoms with E-state index in [0.29, 0.717) is 6.42 Å². The lowest BCUT2D eigenvalue weighted by Crippen LogP contribution is -2.29. The highest BCUT2D eigenvalue weighted by atomic mass is 32.2. The van der Waals surface area contributed by atoms with Gasteiger partial charge in [-0.1, -0.05) is 12.1 Å². The molecule has 0 amide bonds. The van der Waals surface area contributed by atoms with Crippen molar-refractivity contribution in [3.8, 4) is 6.07 Å². The number of benzene rings is 1. The largest absolute Gasteiger partial charge is 0.418 e. The number of halogens is 3. The van der Waals surface area contributed by atoms with Crippen LogP contribution in [0.15, 0.2) is 29.1 Å². The van der Waals surface area contributed by atoms with Crippen LogP contribution in [-0.2, 0) is 16.2 Å². The van der Waals surface area contributed by atoms with Crippen LogP contribution >= 0.6 is 11.5 Å². The van der Waals surface area contributed by atoms with Gasteiger partial charge in [-0.2, -0.15) is 22.7 Å². The lowest BCUT2D eigenvalue weighted by molar-refractivity contribution is -0.136. The average Bonchev–Trinajstić information content (AvgIpc) is 3.19. The highest BCUT2D eigenvalue weighted by Gasteiger charge is 2.35. The second-order valence-corrected chi connectivity index (χ2v) is 9.24. The van der Waals surface area contributed by atoms with E-state index in [1.165, 1.54) is 26.5 Å². The van der Waals surface area contributed by atoms with Crippen molar-refractivity contribution in [3.05, 3.63) is 45.7 Å². The zero-order valence-corrected chi connectivity index (χ0v) is 16.2. The minimum absolute atomic E-state index is 0.0120. The molecule has 1 atom stereocenters. The van der Waals surface area contributed by atoms with Gasteiger partial charge in [0.2, 0.25) is 10.0 Å². The number of aromatic nitrogens is 1. The molecule has 1 fully saturated rings. The van der Waals surface area contributed by atoms with Crippen molar-refractivity contribution in [1.82, 2.24) is 8.26 Å². The molecule has 2 heterocycles. The summed E-state index contributed by atoms with van der Waals surface area (Å²) < 4.78 is 65.4. The third kappa shape index (κ3) is 3.91. The maximum atomic E-state index is 13.2. The summed E-state index contributed by atoms with van der Waals surface area (Å²) in [6.07, 6.45) is -3.17. The van der Waals surface area contributed by atoms with Crippen molar-refractivity contribution in [2.45, 2.75) is 18.6 Å². The lowest BCUT2D eigenvalue weighted by Gasteiger charge is -2.14. The van der Waals surface area contributed by atoms with Crippen LogP contribution < -0.4 is 10.9 Å². The third-order valence-electron chi connectivity index (χ3n) is 4.35. The molecule has 150 valence electrons. The van der Waals surface area contributed by atoms with Crippen molar-refractivity contribution < 1.29 is 21.6 Å². The van der Waals surface area contributed by atoms with E-state index in [-0.39, 0.29) is 29.3 Å². The molecule has 7 nitrogen and oxygen atoms in total. The monoisotopic (exact) mass is 432 g/mol. The van der Waals surface area contributed by atoms with Gasteiger partial charge in [0.15, 0.2) is 5.56 Å². The number of nitrogens with one attached hydrogen (secondary N) is 1. The molecule has 0 aliphatic carbocycles. The Morgan fingerprint density at radius 3 is 2.57 bits per heavy atom. The summed E-state index contributed by atoms with van der Waals surface area (Å²) in [7, 11) is -3.42. The number of nitriles is 1. The summed E-state index contributed by atoms with van der Waals surface area (Å²) in [5.41, 5.74) is -2.15. The molecule has 1 aliphatic rings. The van der Waals surface area contributed by atoms with Crippen molar-refractivity contribution in [2.75, 3.05) is 24.7 Å². The number of rotatable bonds is 4. The molecular weight excluding hydrogens is 417 g/mol. The van der Waals surface area contributed by atoms with Crippen LogP contribution in [0.3, 0.4) is 0 Å². The van der Waals surface area contributed by atoms with Gasteiger partial charge in [-0.3, -0.25) is 8.75 Å². The molecule has 0 radical (unpaired) electrons. The first-order chi connectivity index (χ1) is 13.0. The minimum Gasteiger partial charge on any atom is -0.344 e. The summed E-state index contributed by atoms with van der Waals surface area (Å²) in [6, 6.07) is 6.00. The molecule has 1 aliphatic heterocycles. The van der Waals surface area contributed by atoms with Crippen LogP contribution in [0.5, 0.6) is 0 Å². The summed E-state index contributed by atoms with van der Waals surface area (Å²) in [5.74, 6) is 0. The van der Waals surface area contributed by atoms with Crippen LogP contribution in [0.2, 0.25) is 0 Å². The fourth-order valence-electron chi connectivity index (χ4n) is 2.98. The zero-order chi connectivity index (χ0) is 20.7. The zero-order valence-electron chi connectivity index (χ0n) is 14.5. The van der Waals surface area contributed by atoms with Gasteiger partial charge in [0, 0.05) is 13.1 Å². The molecular formula is C16H15F3N4O3S2. The molecule has 3 rings (SSSR count). The summed E-state index contributed by atoms with van der Waals surface area (Å²) in [5, 5.41) is 11.9. The lowest BCUT2D eigenvalue weighted by atomic mass is 10.1. The first kappa shape index (κ1) is 20.4. The Morgan fingerprint density at radius 2 is 2.00 bits per heavy atom. The number of hydrogen-bond donors (Lipinski definition) is 1. The van der Waals surface area contributed by atoms with Crippen LogP contribution in [0.1, 0.15) is 23.6 Å². The van der Waals surface area contributed by atoms with Gasteiger partial charge < -0.3 is 5.32 Å². The van der Waals surface area contributed by atoms with Crippen LogP contribution in [0, 0.1) is 11.3 Å². The molecule has 28 heavy (non-hydrogen) atoms. The van der Waals surface area contributed by atoms with Gasteiger partial charge in [0.1, 0.15) is 11.1 Å². The van der Waals surface area contributed by atoms with Crippen molar-refractivity contribution >= 4 is 32.2 Å². The van der Waals surface area contributed by atoms with Gasteiger partial charge in [0.05, 0.1) is 23.5 Å². The fraction of sp³-hybridized carbons (Fsp3) is 0.375. The smallest absolute Gasteiger partial charge is 0.344 e. The number of alkyl halides is 3. The predicted octanol–water partition coefficient (Wildman–Crippen LogP) is 2.75. The molecule has 1 aromatic heterocycles. The minimum atomic E-state index is -4.61. The average molecular weight is 432 g/mol. The van der Waals surface area contributed by atoms with Crippen molar-refractivity contribution in [3.63, 3.8) is 0 Å². The number of hydrogen-bond acceptors (Lipinski definition) is 6. The molecule has 0 spiro atoms. The Labute approximate surface area is 162 Å². The number of anilines is 2. The second-order valence-electron chi connectivity index (χ2n) is 6.27. The van der Waals surface area contributed by atoms with E-state index in [9.17, 15) is 31.6 Å². The van der Waals surface area contributed by atoms with E-state index in [1.807, 2.05) is 0 Å². The quantitative estimate of drug-likeness (QED) is 0.802. The molecule has 1 N–H and O–H groups in total. The predicted molar refractivity (Wildman–Crippen MR) is 98.1 cm³/mol. The highest BCUT2D eigenvalue weighted by molar-refractivity contribution is 7.88. The van der Waals surface area contributed by atoms with E-state index in [0.717, 1.165) is 23.9 Å². The molecule has 0 bridgehead atoms. The summed E-state index contributed by atoms with van der Waals surface area (Å²) in [4.78, 5) is 12.6. The Bertz CT molecular complexity index is 1100. The van der Waals surface area contributed by atoms with Gasteiger partial charge in [-0.25, -0.2) is 8.42 Å². The second kappa shape index (κ2) is 7.23. The van der Waals surface area contributed by atoms with E-state index >= 15 is 0 Å². The van der Waals surface area contributed by atoms with E-state index < -0.39 is 33.4 Å². The maximum Gasteiger partial charge on any atom is 0.418 e. The number of nitrogens with zero attached hydrogens (tertiary/aromatic N) is 3. The Balaban J connectivity index is 1.97. The Hall–Kier alpha value is -2.36. The first-order valence-electron chi connectivity index (χ1n) is 8.06. The summed E-state index contributed by atoms with van der Waals surface area (Å²) >= 11 is 0.817. The van der Waals surface area contributed by atoms with Crippen molar-refractivity contribution in [1.29, 1.82) is 5.26 Å². The SMILES string of the molecule is CS(=O)(=O)N1CC[C@H](n2sc(Nc3ccccc3C(F)(F)F)c(C#N)c2=O)C1. The van der Waals surface area contributed by atoms with Gasteiger partial charge >= 0.3 is 6.18 Å². The van der Waals surface area contributed by atoms with Gasteiger partial charge in [0.25, 0.3) is 5.56 Å². The van der Waals surface area contributed by atoms with E-state index in [1.54, 1.807) is 6.07 Å². The molecule has 0 saturated carbocycles. The molecule has 12 heteroatoms.